The molecule has 0 radical (unpaired) electrons. The first-order chi connectivity index (χ1) is 32.3. The van der Waals surface area contributed by atoms with Crippen LogP contribution in [0.2, 0.25) is 0 Å². The van der Waals surface area contributed by atoms with E-state index in [2.05, 4.69) is 26.0 Å². The molecule has 1 heterocycles. The topological polar surface area (TPSA) is 152 Å². The summed E-state index contributed by atoms with van der Waals surface area (Å²) in [6.07, 6.45) is 46.5. The summed E-state index contributed by atoms with van der Waals surface area (Å²) in [5.41, 5.74) is 0. The van der Waals surface area contributed by atoms with E-state index in [0.717, 1.165) is 38.5 Å². The third kappa shape index (κ3) is 37.3. The minimum Gasteiger partial charge on any atom is -0.462 e. The molecule has 1 fully saturated rings. The summed E-state index contributed by atoms with van der Waals surface area (Å²) < 4.78 is 22.3. The van der Waals surface area contributed by atoms with E-state index in [1.165, 1.54) is 205 Å². The third-order valence-electron chi connectivity index (χ3n) is 13.4. The number of ether oxygens (including phenoxy) is 4. The number of carbonyl (C=O) groups excluding carboxylic acids is 2. The highest BCUT2D eigenvalue weighted by atomic mass is 16.7. The van der Waals surface area contributed by atoms with Gasteiger partial charge in [-0.15, -0.1) is 0 Å². The van der Waals surface area contributed by atoms with Gasteiger partial charge >= 0.3 is 11.9 Å². The summed E-state index contributed by atoms with van der Waals surface area (Å²) in [5.74, 6) is -0.788. The summed E-state index contributed by atoms with van der Waals surface area (Å²) in [7, 11) is 0. The lowest BCUT2D eigenvalue weighted by atomic mass is 9.99. The van der Waals surface area contributed by atoms with Gasteiger partial charge in [0.25, 0.3) is 0 Å². The molecule has 6 atom stereocenters. The molecule has 0 aromatic heterocycles. The maximum Gasteiger partial charge on any atom is 0.306 e. The van der Waals surface area contributed by atoms with Gasteiger partial charge in [-0.3, -0.25) is 9.59 Å². The van der Waals surface area contributed by atoms with Gasteiger partial charge in [-0.2, -0.15) is 0 Å². The summed E-state index contributed by atoms with van der Waals surface area (Å²) in [5, 5.41) is 40.3. The van der Waals surface area contributed by atoms with Crippen molar-refractivity contribution in [2.24, 2.45) is 0 Å². The third-order valence-corrected chi connectivity index (χ3v) is 13.4. The van der Waals surface area contributed by atoms with Crippen molar-refractivity contribution in [1.82, 2.24) is 0 Å². The molecule has 1 aliphatic heterocycles. The molecular formula is C56H106O10. The molecule has 4 N–H and O–H groups in total. The normalized spacial score (nSPS) is 19.2. The van der Waals surface area contributed by atoms with Crippen molar-refractivity contribution in [3.05, 3.63) is 12.2 Å². The van der Waals surface area contributed by atoms with Crippen molar-refractivity contribution in [2.45, 2.75) is 314 Å². The minimum atomic E-state index is -1.59. The molecular weight excluding hydrogens is 833 g/mol. The second-order valence-corrected chi connectivity index (χ2v) is 19.7. The van der Waals surface area contributed by atoms with Gasteiger partial charge in [0.05, 0.1) is 13.2 Å². The fraction of sp³-hybridized carbons (Fsp3) is 0.929. The number of carbonyl (C=O) groups is 2. The fourth-order valence-corrected chi connectivity index (χ4v) is 8.95. The van der Waals surface area contributed by atoms with Crippen LogP contribution in [-0.4, -0.2) is 89.0 Å². The molecule has 66 heavy (non-hydrogen) atoms. The molecule has 10 nitrogen and oxygen atoms in total. The lowest BCUT2D eigenvalue weighted by Crippen LogP contribution is -2.59. The van der Waals surface area contributed by atoms with Crippen molar-refractivity contribution in [2.75, 3.05) is 19.8 Å². The van der Waals surface area contributed by atoms with Gasteiger partial charge in [0, 0.05) is 12.8 Å². The molecule has 0 bridgehead atoms. The number of unbranched alkanes of at least 4 members (excludes halogenated alkanes) is 36. The minimum absolute atomic E-state index is 0.211. The van der Waals surface area contributed by atoms with E-state index >= 15 is 0 Å². The van der Waals surface area contributed by atoms with E-state index in [-0.39, 0.29) is 32.0 Å². The standard InChI is InChI=1S/C56H106O10/c1-3-5-7-9-11-13-15-17-19-21-23-25-27-28-30-32-34-36-38-40-42-44-51(58)63-47-49(48-64-56-55(62)54(61)53(60)50(46-57)66-56)65-52(59)45-43-41-39-37-35-33-31-29-26-24-22-20-18-16-14-12-10-8-6-4-2/h17,19,49-50,53-57,60-62H,3-16,18,20-48H2,1-2H3/b19-17+/t49-,50-,53+,54?,55?,56-/m0/s1. The summed E-state index contributed by atoms with van der Waals surface area (Å²) in [6, 6.07) is 0. The second-order valence-electron chi connectivity index (χ2n) is 19.7. The van der Waals surface area contributed by atoms with Crippen LogP contribution >= 0.6 is 0 Å². The van der Waals surface area contributed by atoms with E-state index in [1.54, 1.807) is 0 Å². The van der Waals surface area contributed by atoms with Crippen LogP contribution in [-0.2, 0) is 28.5 Å². The van der Waals surface area contributed by atoms with Crippen molar-refractivity contribution in [3.63, 3.8) is 0 Å². The lowest BCUT2D eigenvalue weighted by Gasteiger charge is -2.39. The predicted molar refractivity (Wildman–Crippen MR) is 270 cm³/mol. The molecule has 0 spiro atoms. The molecule has 0 aromatic carbocycles. The van der Waals surface area contributed by atoms with Crippen molar-refractivity contribution in [3.8, 4) is 0 Å². The number of allylic oxidation sites excluding steroid dienone is 2. The van der Waals surface area contributed by atoms with Crippen molar-refractivity contribution in [1.29, 1.82) is 0 Å². The highest BCUT2D eigenvalue weighted by Crippen LogP contribution is 2.23. The van der Waals surface area contributed by atoms with Crippen LogP contribution in [0.3, 0.4) is 0 Å². The molecule has 2 unspecified atom stereocenters. The van der Waals surface area contributed by atoms with Gasteiger partial charge in [0.15, 0.2) is 12.4 Å². The van der Waals surface area contributed by atoms with E-state index < -0.39 is 49.4 Å². The van der Waals surface area contributed by atoms with Gasteiger partial charge in [0.2, 0.25) is 0 Å². The van der Waals surface area contributed by atoms with Crippen LogP contribution in [0, 0.1) is 0 Å². The molecule has 0 aromatic rings. The summed E-state index contributed by atoms with van der Waals surface area (Å²) in [4.78, 5) is 25.5. The predicted octanol–water partition coefficient (Wildman–Crippen LogP) is 13.8. The van der Waals surface area contributed by atoms with Crippen LogP contribution < -0.4 is 0 Å². The van der Waals surface area contributed by atoms with Gasteiger partial charge in [-0.05, 0) is 38.5 Å². The van der Waals surface area contributed by atoms with Crippen molar-refractivity contribution >= 4 is 11.9 Å². The van der Waals surface area contributed by atoms with Crippen LogP contribution in [0.25, 0.3) is 0 Å². The van der Waals surface area contributed by atoms with Gasteiger partial charge in [-0.1, -0.05) is 238 Å². The number of rotatable bonds is 49. The van der Waals surface area contributed by atoms with Crippen LogP contribution in [0.5, 0.6) is 0 Å². The SMILES string of the molecule is CCCCCCCC/C=C/CCCCCCCCCCCCCC(=O)OC[C@@H](CO[C@H]1O[C@@H](CO)[C@@H](O)C(O)C1O)OC(=O)CCCCCCCCCCCCCCCCCCCCCC. The number of hydrogen-bond donors (Lipinski definition) is 4. The Morgan fingerprint density at radius 2 is 0.803 bits per heavy atom. The monoisotopic (exact) mass is 939 g/mol. The second kappa shape index (κ2) is 47.1. The Kier molecular flexibility index (Phi) is 44.6. The smallest absolute Gasteiger partial charge is 0.306 e. The molecule has 0 aliphatic carbocycles. The Morgan fingerprint density at radius 1 is 0.455 bits per heavy atom. The van der Waals surface area contributed by atoms with E-state index in [4.69, 9.17) is 18.9 Å². The van der Waals surface area contributed by atoms with Crippen molar-refractivity contribution < 1.29 is 49.0 Å². The first-order valence-corrected chi connectivity index (χ1v) is 28.3. The quantitative estimate of drug-likeness (QED) is 0.0263. The maximum absolute atomic E-state index is 12.9. The average molecular weight is 939 g/mol. The highest BCUT2D eigenvalue weighted by molar-refractivity contribution is 5.70. The Hall–Kier alpha value is -1.56. The zero-order valence-corrected chi connectivity index (χ0v) is 43.0. The van der Waals surface area contributed by atoms with E-state index in [0.29, 0.717) is 6.42 Å². The van der Waals surface area contributed by atoms with Gasteiger partial charge in [-0.25, -0.2) is 0 Å². The van der Waals surface area contributed by atoms with E-state index in [1.807, 2.05) is 0 Å². The maximum atomic E-state index is 12.9. The molecule has 10 heteroatoms. The highest BCUT2D eigenvalue weighted by Gasteiger charge is 2.44. The van der Waals surface area contributed by atoms with E-state index in [9.17, 15) is 30.0 Å². The summed E-state index contributed by atoms with van der Waals surface area (Å²) >= 11 is 0. The molecule has 1 aliphatic rings. The Balaban J connectivity index is 2.20. The van der Waals surface area contributed by atoms with Crippen LogP contribution in [0.1, 0.15) is 277 Å². The fourth-order valence-electron chi connectivity index (χ4n) is 8.95. The van der Waals surface area contributed by atoms with Crippen LogP contribution in [0.15, 0.2) is 12.2 Å². The summed E-state index contributed by atoms with van der Waals surface area (Å²) in [6.45, 7) is 3.48. The molecule has 390 valence electrons. The number of hydrogen-bond acceptors (Lipinski definition) is 10. The zero-order chi connectivity index (χ0) is 48.0. The zero-order valence-electron chi connectivity index (χ0n) is 43.0. The lowest BCUT2D eigenvalue weighted by molar-refractivity contribution is -0.305. The molecule has 0 amide bonds. The molecule has 1 saturated heterocycles. The van der Waals surface area contributed by atoms with Crippen LogP contribution in [0.4, 0.5) is 0 Å². The van der Waals surface area contributed by atoms with Gasteiger partial charge < -0.3 is 39.4 Å². The largest absolute Gasteiger partial charge is 0.462 e. The number of aliphatic hydroxyl groups is 4. The average Bonchev–Trinajstić information content (AvgIpc) is 3.32. The Bertz CT molecular complexity index is 1080. The Morgan fingerprint density at radius 3 is 1.18 bits per heavy atom. The molecule has 0 saturated carbocycles. The number of esters is 2. The molecule has 1 rings (SSSR count). The Labute approximate surface area is 405 Å². The first-order valence-electron chi connectivity index (χ1n) is 28.3. The first kappa shape index (κ1) is 62.5. The number of aliphatic hydroxyl groups excluding tert-OH is 4. The van der Waals surface area contributed by atoms with Gasteiger partial charge in [0.1, 0.15) is 31.0 Å².